The minimum atomic E-state index is -0.654. The first-order valence-electron chi connectivity index (χ1n) is 9.26. The third-order valence-electron chi connectivity index (χ3n) is 5.40. The van der Waals surface area contributed by atoms with Crippen molar-refractivity contribution in [3.05, 3.63) is 24.2 Å². The fourth-order valence-electron chi connectivity index (χ4n) is 4.07. The molecule has 0 aromatic carbocycles. The zero-order valence-corrected chi connectivity index (χ0v) is 14.5. The van der Waals surface area contributed by atoms with Gasteiger partial charge in [0.1, 0.15) is 18.5 Å². The average Bonchev–Trinajstić information content (AvgIpc) is 3.24. The van der Waals surface area contributed by atoms with E-state index in [1.54, 1.807) is 18.4 Å². The third kappa shape index (κ3) is 4.39. The summed E-state index contributed by atoms with van der Waals surface area (Å²) in [6.45, 7) is 3.19. The lowest BCUT2D eigenvalue weighted by molar-refractivity contribution is -0.140. The van der Waals surface area contributed by atoms with Gasteiger partial charge in [-0.15, -0.1) is 0 Å². The minimum Gasteiger partial charge on any atom is -0.467 e. The molecule has 2 heterocycles. The standard InChI is InChI=1S/C19H29NO4/c1-14-5-2-7-16(11-14)24-13-19(22)20-9-3-6-15(20)12-17(21)18-8-4-10-23-18/h4,8,10,14-17,21H,2-3,5-7,9,11-13H2,1H3. The molecule has 0 bridgehead atoms. The van der Waals surface area contributed by atoms with Gasteiger partial charge < -0.3 is 19.2 Å². The molecule has 4 atom stereocenters. The van der Waals surface area contributed by atoms with E-state index in [-0.39, 0.29) is 24.7 Å². The molecule has 2 fully saturated rings. The molecule has 24 heavy (non-hydrogen) atoms. The van der Waals surface area contributed by atoms with E-state index < -0.39 is 6.10 Å². The minimum absolute atomic E-state index is 0.0578. The number of carbonyl (C=O) groups excluding carboxylic acids is 1. The highest BCUT2D eigenvalue weighted by Gasteiger charge is 2.32. The Balaban J connectivity index is 1.48. The second-order valence-electron chi connectivity index (χ2n) is 7.35. The Morgan fingerprint density at radius 2 is 2.29 bits per heavy atom. The van der Waals surface area contributed by atoms with Crippen LogP contribution in [0.3, 0.4) is 0 Å². The molecule has 5 nitrogen and oxygen atoms in total. The molecule has 1 amide bonds. The molecule has 1 aliphatic heterocycles. The SMILES string of the molecule is CC1CCCC(OCC(=O)N2CCCC2CC(O)c2ccco2)C1. The van der Waals surface area contributed by atoms with Gasteiger partial charge in [-0.05, 0) is 43.7 Å². The van der Waals surface area contributed by atoms with Gasteiger partial charge in [-0.1, -0.05) is 19.8 Å². The quantitative estimate of drug-likeness (QED) is 0.866. The number of furan rings is 1. The lowest BCUT2D eigenvalue weighted by Gasteiger charge is -2.29. The molecule has 1 saturated carbocycles. The summed E-state index contributed by atoms with van der Waals surface area (Å²) >= 11 is 0. The van der Waals surface area contributed by atoms with Crippen LogP contribution in [0.2, 0.25) is 0 Å². The summed E-state index contributed by atoms with van der Waals surface area (Å²) in [4.78, 5) is 14.4. The largest absolute Gasteiger partial charge is 0.467 e. The molecule has 3 rings (SSSR count). The summed E-state index contributed by atoms with van der Waals surface area (Å²) in [5.74, 6) is 1.32. The number of hydrogen-bond donors (Lipinski definition) is 1. The predicted octanol–water partition coefficient (Wildman–Crippen LogP) is 3.29. The molecular formula is C19H29NO4. The zero-order chi connectivity index (χ0) is 16.9. The molecule has 5 heteroatoms. The van der Waals surface area contributed by atoms with Gasteiger partial charge in [0.25, 0.3) is 0 Å². The first-order chi connectivity index (χ1) is 11.6. The highest BCUT2D eigenvalue weighted by atomic mass is 16.5. The normalized spacial score (nSPS) is 28.9. The van der Waals surface area contributed by atoms with Crippen LogP contribution in [0, 0.1) is 5.92 Å². The third-order valence-corrected chi connectivity index (χ3v) is 5.40. The van der Waals surface area contributed by atoms with Crippen LogP contribution in [0.25, 0.3) is 0 Å². The van der Waals surface area contributed by atoms with E-state index in [1.807, 2.05) is 4.90 Å². The van der Waals surface area contributed by atoms with Crippen molar-refractivity contribution in [3.8, 4) is 0 Å². The molecule has 1 N–H and O–H groups in total. The first kappa shape index (κ1) is 17.5. The Bertz CT molecular complexity index is 515. The van der Waals surface area contributed by atoms with E-state index in [1.165, 1.54) is 12.8 Å². The maximum Gasteiger partial charge on any atom is 0.248 e. The Morgan fingerprint density at radius 3 is 3.04 bits per heavy atom. The Kier molecular flexibility index (Phi) is 5.95. The van der Waals surface area contributed by atoms with Crippen LogP contribution >= 0.6 is 0 Å². The number of aliphatic hydroxyl groups excluding tert-OH is 1. The fraction of sp³-hybridized carbons (Fsp3) is 0.737. The van der Waals surface area contributed by atoms with Gasteiger partial charge >= 0.3 is 0 Å². The van der Waals surface area contributed by atoms with E-state index in [4.69, 9.17) is 9.15 Å². The lowest BCUT2D eigenvalue weighted by Crippen LogP contribution is -2.39. The molecule has 4 unspecified atom stereocenters. The molecule has 1 aliphatic carbocycles. The highest BCUT2D eigenvalue weighted by Crippen LogP contribution is 2.29. The number of rotatable bonds is 6. The number of hydrogen-bond acceptors (Lipinski definition) is 4. The molecule has 134 valence electrons. The number of carbonyl (C=O) groups is 1. The summed E-state index contributed by atoms with van der Waals surface area (Å²) in [6.07, 6.45) is 8.19. The van der Waals surface area contributed by atoms with E-state index in [0.29, 0.717) is 18.1 Å². The molecule has 0 spiro atoms. The molecule has 2 aliphatic rings. The summed E-state index contributed by atoms with van der Waals surface area (Å²) < 4.78 is 11.1. The van der Waals surface area contributed by atoms with Crippen molar-refractivity contribution in [2.75, 3.05) is 13.2 Å². The predicted molar refractivity (Wildman–Crippen MR) is 90.4 cm³/mol. The van der Waals surface area contributed by atoms with Crippen LogP contribution in [0.15, 0.2) is 22.8 Å². The Labute approximate surface area is 144 Å². The van der Waals surface area contributed by atoms with Gasteiger partial charge in [0.2, 0.25) is 5.91 Å². The maximum atomic E-state index is 12.5. The van der Waals surface area contributed by atoms with Crippen molar-refractivity contribution in [1.29, 1.82) is 0 Å². The van der Waals surface area contributed by atoms with E-state index in [9.17, 15) is 9.90 Å². The number of ether oxygens (including phenoxy) is 1. The number of amides is 1. The summed E-state index contributed by atoms with van der Waals surface area (Å²) in [5, 5.41) is 10.3. The maximum absolute atomic E-state index is 12.5. The Hall–Kier alpha value is -1.33. The van der Waals surface area contributed by atoms with Gasteiger partial charge in [-0.25, -0.2) is 0 Å². The van der Waals surface area contributed by atoms with E-state index >= 15 is 0 Å². The van der Waals surface area contributed by atoms with Gasteiger partial charge in [-0.2, -0.15) is 0 Å². The smallest absolute Gasteiger partial charge is 0.248 e. The second-order valence-corrected chi connectivity index (χ2v) is 7.35. The van der Waals surface area contributed by atoms with E-state index in [0.717, 1.165) is 32.2 Å². The van der Waals surface area contributed by atoms with Crippen molar-refractivity contribution in [1.82, 2.24) is 4.90 Å². The van der Waals surface area contributed by atoms with Crippen LogP contribution in [-0.4, -0.2) is 41.2 Å². The Morgan fingerprint density at radius 1 is 1.42 bits per heavy atom. The van der Waals surface area contributed by atoms with Gasteiger partial charge in [0.15, 0.2) is 0 Å². The van der Waals surface area contributed by atoms with Gasteiger partial charge in [-0.3, -0.25) is 4.79 Å². The molecule has 0 radical (unpaired) electrons. The average molecular weight is 335 g/mol. The van der Waals surface area contributed by atoms with Gasteiger partial charge in [0.05, 0.1) is 12.4 Å². The van der Waals surface area contributed by atoms with Crippen LogP contribution in [0.5, 0.6) is 0 Å². The van der Waals surface area contributed by atoms with Crippen molar-refractivity contribution in [3.63, 3.8) is 0 Å². The second kappa shape index (κ2) is 8.17. The number of likely N-dealkylation sites (tertiary alicyclic amines) is 1. The molecular weight excluding hydrogens is 306 g/mol. The number of aliphatic hydroxyl groups is 1. The van der Waals surface area contributed by atoms with Crippen LogP contribution in [-0.2, 0) is 9.53 Å². The highest BCUT2D eigenvalue weighted by molar-refractivity contribution is 5.78. The first-order valence-corrected chi connectivity index (χ1v) is 9.26. The summed E-state index contributed by atoms with van der Waals surface area (Å²) in [6, 6.07) is 3.63. The number of nitrogens with zero attached hydrogens (tertiary/aromatic N) is 1. The topological polar surface area (TPSA) is 62.9 Å². The van der Waals surface area contributed by atoms with E-state index in [2.05, 4.69) is 6.92 Å². The fourth-order valence-corrected chi connectivity index (χ4v) is 4.07. The molecule has 1 saturated heterocycles. The van der Waals surface area contributed by atoms with Crippen molar-refractivity contribution in [2.45, 2.75) is 70.1 Å². The summed E-state index contributed by atoms with van der Waals surface area (Å²) in [5.41, 5.74) is 0. The monoisotopic (exact) mass is 335 g/mol. The van der Waals surface area contributed by atoms with Crippen LogP contribution in [0.1, 0.15) is 63.7 Å². The van der Waals surface area contributed by atoms with Crippen molar-refractivity contribution >= 4 is 5.91 Å². The van der Waals surface area contributed by atoms with Crippen molar-refractivity contribution in [2.24, 2.45) is 5.92 Å². The molecule has 1 aromatic rings. The van der Waals surface area contributed by atoms with Gasteiger partial charge in [0, 0.05) is 19.0 Å². The molecule has 1 aromatic heterocycles. The van der Waals surface area contributed by atoms with Crippen LogP contribution in [0.4, 0.5) is 0 Å². The van der Waals surface area contributed by atoms with Crippen LogP contribution < -0.4 is 0 Å². The zero-order valence-electron chi connectivity index (χ0n) is 14.5. The van der Waals surface area contributed by atoms with Crippen molar-refractivity contribution < 1.29 is 19.1 Å². The lowest BCUT2D eigenvalue weighted by atomic mass is 9.89. The summed E-state index contributed by atoms with van der Waals surface area (Å²) in [7, 11) is 0.